The van der Waals surface area contributed by atoms with Crippen LogP contribution in [0.4, 0.5) is 0 Å². The summed E-state index contributed by atoms with van der Waals surface area (Å²) in [7, 11) is 0. The van der Waals surface area contributed by atoms with Crippen molar-refractivity contribution in [3.63, 3.8) is 0 Å². The molecular formula is C21H28N2O2. The zero-order valence-electron chi connectivity index (χ0n) is 15.2. The molecular weight excluding hydrogens is 312 g/mol. The third-order valence-corrected chi connectivity index (χ3v) is 3.99. The molecule has 0 spiro atoms. The molecule has 4 heteroatoms. The Balaban J connectivity index is 2.07. The maximum Gasteiger partial charge on any atom is 0.251 e. The fourth-order valence-corrected chi connectivity index (χ4v) is 2.73. The number of hydrogen-bond acceptors (Lipinski definition) is 3. The Hall–Kier alpha value is -2.17. The lowest BCUT2D eigenvalue weighted by molar-refractivity contribution is 0.0917. The highest BCUT2D eigenvalue weighted by atomic mass is 16.3. The number of carbonyl (C=O) groups is 1. The van der Waals surface area contributed by atoms with Gasteiger partial charge in [0.2, 0.25) is 0 Å². The number of hydrogen-bond donors (Lipinski definition) is 3. The van der Waals surface area contributed by atoms with Gasteiger partial charge in [-0.15, -0.1) is 0 Å². The zero-order valence-corrected chi connectivity index (χ0v) is 15.2. The molecule has 2 atom stereocenters. The van der Waals surface area contributed by atoms with Crippen molar-refractivity contribution in [2.45, 2.75) is 51.3 Å². The number of aliphatic hydroxyl groups is 1. The monoisotopic (exact) mass is 340 g/mol. The lowest BCUT2D eigenvalue weighted by Gasteiger charge is -2.23. The Morgan fingerprint density at radius 2 is 1.64 bits per heavy atom. The lowest BCUT2D eigenvalue weighted by Crippen LogP contribution is -2.41. The van der Waals surface area contributed by atoms with E-state index in [4.69, 9.17) is 5.73 Å². The molecule has 0 fully saturated rings. The van der Waals surface area contributed by atoms with Crippen molar-refractivity contribution < 1.29 is 9.90 Å². The molecule has 4 nitrogen and oxygen atoms in total. The minimum Gasteiger partial charge on any atom is -0.391 e. The smallest absolute Gasteiger partial charge is 0.251 e. The Bertz CT molecular complexity index is 693. The minimum absolute atomic E-state index is 0.132. The van der Waals surface area contributed by atoms with Crippen LogP contribution in [-0.4, -0.2) is 28.7 Å². The highest BCUT2D eigenvalue weighted by Crippen LogP contribution is 2.15. The molecule has 0 saturated carbocycles. The van der Waals surface area contributed by atoms with Crippen molar-refractivity contribution in [3.8, 4) is 0 Å². The average molecular weight is 340 g/mol. The molecule has 25 heavy (non-hydrogen) atoms. The van der Waals surface area contributed by atoms with E-state index in [-0.39, 0.29) is 17.5 Å². The number of nitrogens with two attached hydrogens (primary N) is 1. The lowest BCUT2D eigenvalue weighted by atomic mass is 9.94. The normalized spacial score (nSPS) is 14.0. The van der Waals surface area contributed by atoms with Gasteiger partial charge in [-0.25, -0.2) is 0 Å². The van der Waals surface area contributed by atoms with E-state index in [1.165, 1.54) is 0 Å². The standard InChI is InChI=1S/C21H28N2O2/c1-21(2,3)23-20(25)17-12-8-7-11-16(17)14-19(24)18(22)13-15-9-5-4-6-10-15/h4-12,18-19,24H,13-14,22H2,1-3H3,(H,23,25). The number of nitrogens with one attached hydrogen (secondary N) is 1. The molecule has 2 aromatic carbocycles. The van der Waals surface area contributed by atoms with Gasteiger partial charge >= 0.3 is 0 Å². The Morgan fingerprint density at radius 3 is 2.28 bits per heavy atom. The van der Waals surface area contributed by atoms with Gasteiger partial charge in [-0.3, -0.25) is 4.79 Å². The van der Waals surface area contributed by atoms with Crippen LogP contribution in [0.3, 0.4) is 0 Å². The summed E-state index contributed by atoms with van der Waals surface area (Å²) < 4.78 is 0. The molecule has 0 radical (unpaired) electrons. The van der Waals surface area contributed by atoms with E-state index in [2.05, 4.69) is 5.32 Å². The summed E-state index contributed by atoms with van der Waals surface area (Å²) in [5.74, 6) is -0.132. The number of benzene rings is 2. The van der Waals surface area contributed by atoms with E-state index < -0.39 is 6.10 Å². The van der Waals surface area contributed by atoms with Crippen molar-refractivity contribution in [3.05, 3.63) is 71.3 Å². The van der Waals surface area contributed by atoms with Gasteiger partial charge in [0, 0.05) is 23.6 Å². The molecule has 0 aromatic heterocycles. The van der Waals surface area contributed by atoms with Crippen LogP contribution in [0.1, 0.15) is 42.3 Å². The van der Waals surface area contributed by atoms with Gasteiger partial charge in [0.25, 0.3) is 5.91 Å². The minimum atomic E-state index is -0.719. The van der Waals surface area contributed by atoms with Gasteiger partial charge in [-0.05, 0) is 44.4 Å². The van der Waals surface area contributed by atoms with Crippen LogP contribution in [0.15, 0.2) is 54.6 Å². The summed E-state index contributed by atoms with van der Waals surface area (Å²) in [5, 5.41) is 13.5. The average Bonchev–Trinajstić information content (AvgIpc) is 2.54. The van der Waals surface area contributed by atoms with Gasteiger partial charge in [0.15, 0.2) is 0 Å². The van der Waals surface area contributed by atoms with E-state index in [9.17, 15) is 9.90 Å². The first-order chi connectivity index (χ1) is 11.8. The second-order valence-corrected chi connectivity index (χ2v) is 7.49. The SMILES string of the molecule is CC(C)(C)NC(=O)c1ccccc1CC(O)C(N)Cc1ccccc1. The number of rotatable bonds is 6. The van der Waals surface area contributed by atoms with Gasteiger partial charge in [0.1, 0.15) is 0 Å². The molecule has 2 rings (SSSR count). The van der Waals surface area contributed by atoms with E-state index in [0.717, 1.165) is 11.1 Å². The van der Waals surface area contributed by atoms with Crippen LogP contribution in [0, 0.1) is 0 Å². The van der Waals surface area contributed by atoms with Crippen LogP contribution in [0.2, 0.25) is 0 Å². The molecule has 0 aliphatic carbocycles. The van der Waals surface area contributed by atoms with Crippen molar-refractivity contribution in [2.75, 3.05) is 0 Å². The summed E-state index contributed by atoms with van der Waals surface area (Å²) in [4.78, 5) is 12.5. The molecule has 2 unspecified atom stereocenters. The molecule has 0 aliphatic heterocycles. The predicted octanol–water partition coefficient (Wildman–Crippen LogP) is 2.69. The molecule has 0 heterocycles. The number of carbonyl (C=O) groups excluding carboxylic acids is 1. The molecule has 0 bridgehead atoms. The van der Waals surface area contributed by atoms with E-state index in [1.807, 2.05) is 69.3 Å². The van der Waals surface area contributed by atoms with Crippen molar-refractivity contribution >= 4 is 5.91 Å². The zero-order chi connectivity index (χ0) is 18.4. The fraction of sp³-hybridized carbons (Fsp3) is 0.381. The van der Waals surface area contributed by atoms with Gasteiger partial charge in [-0.1, -0.05) is 48.5 Å². The summed E-state index contributed by atoms with van der Waals surface area (Å²) in [5.41, 5.74) is 8.34. The van der Waals surface area contributed by atoms with Crippen molar-refractivity contribution in [2.24, 2.45) is 5.73 Å². The third-order valence-electron chi connectivity index (χ3n) is 3.99. The van der Waals surface area contributed by atoms with Crippen LogP contribution >= 0.6 is 0 Å². The van der Waals surface area contributed by atoms with Crippen molar-refractivity contribution in [1.82, 2.24) is 5.32 Å². The molecule has 134 valence electrons. The summed E-state index contributed by atoms with van der Waals surface area (Å²) in [6.45, 7) is 5.83. The number of amides is 1. The fourth-order valence-electron chi connectivity index (χ4n) is 2.73. The largest absolute Gasteiger partial charge is 0.391 e. The van der Waals surface area contributed by atoms with Gasteiger partial charge < -0.3 is 16.2 Å². The second kappa shape index (κ2) is 8.28. The Morgan fingerprint density at radius 1 is 1.04 bits per heavy atom. The van der Waals surface area contributed by atoms with Crippen molar-refractivity contribution in [1.29, 1.82) is 0 Å². The first kappa shape index (κ1) is 19.2. The Labute approximate surface area is 150 Å². The summed E-state index contributed by atoms with van der Waals surface area (Å²) in [6.07, 6.45) is 0.226. The molecule has 4 N–H and O–H groups in total. The van der Waals surface area contributed by atoms with E-state index in [0.29, 0.717) is 18.4 Å². The summed E-state index contributed by atoms with van der Waals surface area (Å²) >= 11 is 0. The first-order valence-electron chi connectivity index (χ1n) is 8.64. The Kier molecular flexibility index (Phi) is 6.34. The molecule has 1 amide bonds. The van der Waals surface area contributed by atoms with E-state index in [1.54, 1.807) is 6.07 Å². The quantitative estimate of drug-likeness (QED) is 0.757. The summed E-state index contributed by atoms with van der Waals surface area (Å²) in [6, 6.07) is 16.8. The maximum atomic E-state index is 12.5. The van der Waals surface area contributed by atoms with Gasteiger partial charge in [-0.2, -0.15) is 0 Å². The van der Waals surface area contributed by atoms with Crippen LogP contribution in [0.25, 0.3) is 0 Å². The van der Waals surface area contributed by atoms with Crippen LogP contribution in [0.5, 0.6) is 0 Å². The van der Waals surface area contributed by atoms with E-state index >= 15 is 0 Å². The topological polar surface area (TPSA) is 75.3 Å². The highest BCUT2D eigenvalue weighted by molar-refractivity contribution is 5.96. The first-order valence-corrected chi connectivity index (χ1v) is 8.64. The maximum absolute atomic E-state index is 12.5. The number of aliphatic hydroxyl groups excluding tert-OH is 1. The van der Waals surface area contributed by atoms with Gasteiger partial charge in [0.05, 0.1) is 6.10 Å². The molecule has 0 saturated heterocycles. The molecule has 0 aliphatic rings. The highest BCUT2D eigenvalue weighted by Gasteiger charge is 2.21. The third kappa shape index (κ3) is 6.00. The molecule has 2 aromatic rings. The second-order valence-electron chi connectivity index (χ2n) is 7.49. The van der Waals surface area contributed by atoms with Crippen LogP contribution in [-0.2, 0) is 12.8 Å². The van der Waals surface area contributed by atoms with Crippen LogP contribution < -0.4 is 11.1 Å². The predicted molar refractivity (Wildman–Crippen MR) is 101 cm³/mol.